The standard InChI is InChI=1S/C11H20O5/c1-11(2,3)15-16-14-10(12)13-9-7-5-4-6-8-9/h9H,4-8H2,1-3H3. The number of carbonyl (C=O) groups excluding carboxylic acids is 1. The van der Waals surface area contributed by atoms with E-state index in [4.69, 9.17) is 9.62 Å². The topological polar surface area (TPSA) is 54.0 Å². The molecule has 1 saturated carbocycles. The molecule has 0 aromatic carbocycles. The molecule has 94 valence electrons. The zero-order chi connectivity index (χ0) is 12.0. The molecule has 0 N–H and O–H groups in total. The Morgan fingerprint density at radius 2 is 1.75 bits per heavy atom. The Balaban J connectivity index is 2.10. The maximum atomic E-state index is 11.1. The van der Waals surface area contributed by atoms with Gasteiger partial charge < -0.3 is 4.74 Å². The van der Waals surface area contributed by atoms with Crippen LogP contribution in [0, 0.1) is 0 Å². The molecule has 0 aromatic heterocycles. The predicted molar refractivity (Wildman–Crippen MR) is 56.4 cm³/mol. The molecule has 16 heavy (non-hydrogen) atoms. The number of hydrogen-bond donors (Lipinski definition) is 0. The van der Waals surface area contributed by atoms with E-state index in [0.717, 1.165) is 25.7 Å². The molecule has 0 amide bonds. The fraction of sp³-hybridized carbons (Fsp3) is 0.909. The monoisotopic (exact) mass is 232 g/mol. The molecule has 1 aliphatic carbocycles. The highest BCUT2D eigenvalue weighted by atomic mass is 17.5. The highest BCUT2D eigenvalue weighted by Gasteiger charge is 2.20. The van der Waals surface area contributed by atoms with Gasteiger partial charge in [0.15, 0.2) is 0 Å². The van der Waals surface area contributed by atoms with Gasteiger partial charge in [0.1, 0.15) is 6.10 Å². The molecule has 1 aliphatic rings. The van der Waals surface area contributed by atoms with E-state index < -0.39 is 11.8 Å². The normalized spacial score (nSPS) is 18.2. The van der Waals surface area contributed by atoms with E-state index in [0.29, 0.717) is 0 Å². The quantitative estimate of drug-likeness (QED) is 0.425. The molecular weight excluding hydrogens is 212 g/mol. The van der Waals surface area contributed by atoms with Crippen molar-refractivity contribution in [2.24, 2.45) is 0 Å². The third-order valence-electron chi connectivity index (χ3n) is 2.20. The lowest BCUT2D eigenvalue weighted by molar-refractivity contribution is -0.515. The fourth-order valence-corrected chi connectivity index (χ4v) is 1.49. The molecule has 5 nitrogen and oxygen atoms in total. The van der Waals surface area contributed by atoms with Gasteiger partial charge in [-0.25, -0.2) is 9.68 Å². The summed E-state index contributed by atoms with van der Waals surface area (Å²) in [4.78, 5) is 20.3. The Labute approximate surface area is 95.9 Å². The van der Waals surface area contributed by atoms with Gasteiger partial charge in [0.25, 0.3) is 0 Å². The van der Waals surface area contributed by atoms with Crippen LogP contribution in [0.4, 0.5) is 4.79 Å². The second-order valence-corrected chi connectivity index (χ2v) is 4.97. The van der Waals surface area contributed by atoms with Crippen LogP contribution in [-0.4, -0.2) is 17.9 Å². The number of ether oxygens (including phenoxy) is 1. The van der Waals surface area contributed by atoms with E-state index in [1.54, 1.807) is 20.8 Å². The average molecular weight is 232 g/mol. The van der Waals surface area contributed by atoms with Crippen molar-refractivity contribution >= 4 is 6.16 Å². The van der Waals surface area contributed by atoms with Crippen molar-refractivity contribution in [3.8, 4) is 0 Å². The SMILES string of the molecule is CC(C)(C)OOOC(=O)OC1CCCCC1. The number of hydrogen-bond acceptors (Lipinski definition) is 5. The molecule has 0 bridgehead atoms. The van der Waals surface area contributed by atoms with Gasteiger partial charge >= 0.3 is 6.16 Å². The van der Waals surface area contributed by atoms with Crippen LogP contribution < -0.4 is 0 Å². The van der Waals surface area contributed by atoms with E-state index in [9.17, 15) is 4.79 Å². The van der Waals surface area contributed by atoms with Crippen LogP contribution >= 0.6 is 0 Å². The second kappa shape index (κ2) is 6.06. The molecule has 0 saturated heterocycles. The van der Waals surface area contributed by atoms with Gasteiger partial charge in [0.05, 0.1) is 5.60 Å². The van der Waals surface area contributed by atoms with E-state index >= 15 is 0 Å². The molecule has 0 radical (unpaired) electrons. The Morgan fingerprint density at radius 3 is 2.31 bits per heavy atom. The van der Waals surface area contributed by atoms with Crippen molar-refractivity contribution in [1.82, 2.24) is 0 Å². The van der Waals surface area contributed by atoms with Gasteiger partial charge in [-0.15, -0.1) is 0 Å². The lowest BCUT2D eigenvalue weighted by Crippen LogP contribution is -2.24. The maximum Gasteiger partial charge on any atom is 0.542 e. The largest absolute Gasteiger partial charge is 0.542 e. The van der Waals surface area contributed by atoms with Crippen LogP contribution in [0.2, 0.25) is 0 Å². The summed E-state index contributed by atoms with van der Waals surface area (Å²) in [5, 5.41) is 4.33. The summed E-state index contributed by atoms with van der Waals surface area (Å²) in [5.41, 5.74) is -0.523. The van der Waals surface area contributed by atoms with Crippen LogP contribution in [-0.2, 0) is 19.6 Å². The zero-order valence-corrected chi connectivity index (χ0v) is 10.2. The van der Waals surface area contributed by atoms with Crippen molar-refractivity contribution in [3.63, 3.8) is 0 Å². The van der Waals surface area contributed by atoms with Gasteiger partial charge in [-0.05, 0) is 51.5 Å². The lowest BCUT2D eigenvalue weighted by Gasteiger charge is -2.21. The van der Waals surface area contributed by atoms with Crippen LogP contribution in [0.1, 0.15) is 52.9 Å². The maximum absolute atomic E-state index is 11.1. The predicted octanol–water partition coefficient (Wildman–Crippen LogP) is 3.13. The first-order valence-corrected chi connectivity index (χ1v) is 5.70. The molecule has 0 spiro atoms. The Morgan fingerprint density at radius 1 is 1.12 bits per heavy atom. The van der Waals surface area contributed by atoms with Crippen LogP contribution in [0.15, 0.2) is 0 Å². The Kier molecular flexibility index (Phi) is 5.02. The van der Waals surface area contributed by atoms with Crippen molar-refractivity contribution in [3.05, 3.63) is 0 Å². The highest BCUT2D eigenvalue weighted by molar-refractivity contribution is 5.59. The minimum Gasteiger partial charge on any atom is -0.429 e. The van der Waals surface area contributed by atoms with Crippen LogP contribution in [0.5, 0.6) is 0 Å². The van der Waals surface area contributed by atoms with Gasteiger partial charge in [-0.2, -0.15) is 4.89 Å². The highest BCUT2D eigenvalue weighted by Crippen LogP contribution is 2.20. The van der Waals surface area contributed by atoms with Crippen molar-refractivity contribution in [2.45, 2.75) is 64.6 Å². The fourth-order valence-electron chi connectivity index (χ4n) is 1.49. The van der Waals surface area contributed by atoms with E-state index in [1.165, 1.54) is 6.42 Å². The van der Waals surface area contributed by atoms with Gasteiger partial charge in [-0.3, -0.25) is 0 Å². The molecular formula is C11H20O5. The smallest absolute Gasteiger partial charge is 0.429 e. The first kappa shape index (κ1) is 13.3. The van der Waals surface area contributed by atoms with E-state index in [-0.39, 0.29) is 6.10 Å². The molecule has 0 atom stereocenters. The van der Waals surface area contributed by atoms with Crippen LogP contribution in [0.25, 0.3) is 0 Å². The Hall–Kier alpha value is -0.810. The molecule has 0 aliphatic heterocycles. The summed E-state index contributed by atoms with van der Waals surface area (Å²) >= 11 is 0. The third-order valence-corrected chi connectivity index (χ3v) is 2.20. The van der Waals surface area contributed by atoms with E-state index in [2.05, 4.69) is 9.93 Å². The van der Waals surface area contributed by atoms with Crippen molar-refractivity contribution in [1.29, 1.82) is 0 Å². The molecule has 1 rings (SSSR count). The van der Waals surface area contributed by atoms with Crippen molar-refractivity contribution < 1.29 is 24.3 Å². The first-order valence-electron chi connectivity index (χ1n) is 5.70. The average Bonchev–Trinajstić information content (AvgIpc) is 2.17. The minimum atomic E-state index is -0.837. The summed E-state index contributed by atoms with van der Waals surface area (Å²) in [5.74, 6) is 0. The summed E-state index contributed by atoms with van der Waals surface area (Å²) in [6, 6.07) is 0. The second-order valence-electron chi connectivity index (χ2n) is 4.97. The summed E-state index contributed by atoms with van der Waals surface area (Å²) in [6.07, 6.45) is 4.31. The van der Waals surface area contributed by atoms with Gasteiger partial charge in [0, 0.05) is 0 Å². The molecule has 5 heteroatoms. The summed E-state index contributed by atoms with van der Waals surface area (Å²) < 4.78 is 5.04. The molecule has 0 unspecified atom stereocenters. The van der Waals surface area contributed by atoms with Gasteiger partial charge in [0.2, 0.25) is 0 Å². The lowest BCUT2D eigenvalue weighted by atomic mass is 9.98. The molecule has 0 heterocycles. The van der Waals surface area contributed by atoms with Gasteiger partial charge in [-0.1, -0.05) is 6.42 Å². The summed E-state index contributed by atoms with van der Waals surface area (Å²) in [6.45, 7) is 5.34. The van der Waals surface area contributed by atoms with Crippen molar-refractivity contribution in [2.75, 3.05) is 0 Å². The Bertz CT molecular complexity index is 215. The first-order chi connectivity index (χ1) is 7.47. The number of carbonyl (C=O) groups is 1. The minimum absolute atomic E-state index is 0.0421. The molecule has 0 aromatic rings. The number of rotatable bonds is 3. The summed E-state index contributed by atoms with van der Waals surface area (Å²) in [7, 11) is 0. The third kappa shape index (κ3) is 5.92. The van der Waals surface area contributed by atoms with Crippen LogP contribution in [0.3, 0.4) is 0 Å². The molecule has 1 fully saturated rings. The van der Waals surface area contributed by atoms with E-state index in [1.807, 2.05) is 0 Å². The zero-order valence-electron chi connectivity index (χ0n) is 10.2.